The van der Waals surface area contributed by atoms with Crippen molar-refractivity contribution in [1.29, 1.82) is 0 Å². The van der Waals surface area contributed by atoms with Crippen LogP contribution in [0.2, 0.25) is 10.0 Å². The molecule has 2 nitrogen and oxygen atoms in total. The fraction of sp³-hybridized carbons (Fsp3) is 0.455. The standard InChI is InChI=1S/C11H15Cl2NO.ClH/c1-2-4-9(15)11(14)10-7(12)5-3-6-8(10)13;/h3,5-6,9,11,15H,2,4,14H2,1H3;1H/t9-,11-;/m1./s1. The Kier molecular flexibility index (Phi) is 7.36. The Morgan fingerprint density at radius 2 is 1.81 bits per heavy atom. The Labute approximate surface area is 112 Å². The van der Waals surface area contributed by atoms with Crippen LogP contribution in [0.5, 0.6) is 0 Å². The van der Waals surface area contributed by atoms with Gasteiger partial charge in [0, 0.05) is 15.6 Å². The predicted octanol–water partition coefficient (Wildman–Crippen LogP) is 3.58. The van der Waals surface area contributed by atoms with E-state index in [0.717, 1.165) is 6.42 Å². The quantitative estimate of drug-likeness (QED) is 0.888. The van der Waals surface area contributed by atoms with Crippen LogP contribution in [0.4, 0.5) is 0 Å². The number of nitrogens with two attached hydrogens (primary N) is 1. The molecule has 1 rings (SSSR count). The fourth-order valence-corrected chi connectivity index (χ4v) is 2.15. The van der Waals surface area contributed by atoms with Crippen molar-refractivity contribution in [3.63, 3.8) is 0 Å². The highest BCUT2D eigenvalue weighted by Gasteiger charge is 2.20. The minimum Gasteiger partial charge on any atom is -0.391 e. The average molecular weight is 285 g/mol. The molecule has 1 aromatic carbocycles. The lowest BCUT2D eigenvalue weighted by Gasteiger charge is -2.20. The molecule has 3 N–H and O–H groups in total. The molecule has 0 saturated carbocycles. The molecule has 1 aromatic rings. The molecule has 0 unspecified atom stereocenters. The molecule has 0 spiro atoms. The summed E-state index contributed by atoms with van der Waals surface area (Å²) in [6.07, 6.45) is 0.909. The minimum absolute atomic E-state index is 0. The molecule has 0 saturated heterocycles. The fourth-order valence-electron chi connectivity index (χ4n) is 1.50. The van der Waals surface area contributed by atoms with Crippen LogP contribution in [0.15, 0.2) is 18.2 Å². The van der Waals surface area contributed by atoms with E-state index in [1.54, 1.807) is 18.2 Å². The van der Waals surface area contributed by atoms with E-state index in [9.17, 15) is 5.11 Å². The molecule has 0 heterocycles. The molecule has 92 valence electrons. The molecule has 16 heavy (non-hydrogen) atoms. The minimum atomic E-state index is -0.604. The summed E-state index contributed by atoms with van der Waals surface area (Å²) < 4.78 is 0. The van der Waals surface area contributed by atoms with Gasteiger partial charge in [-0.15, -0.1) is 12.4 Å². The molecule has 0 aliphatic carbocycles. The van der Waals surface area contributed by atoms with Gasteiger partial charge in [-0.3, -0.25) is 0 Å². The Morgan fingerprint density at radius 1 is 1.31 bits per heavy atom. The molecule has 5 heteroatoms. The van der Waals surface area contributed by atoms with Crippen LogP contribution in [0, 0.1) is 0 Å². The summed E-state index contributed by atoms with van der Waals surface area (Å²) in [6, 6.07) is 4.68. The van der Waals surface area contributed by atoms with Gasteiger partial charge < -0.3 is 10.8 Å². The van der Waals surface area contributed by atoms with Gasteiger partial charge in [0.2, 0.25) is 0 Å². The number of halogens is 3. The number of hydrogen-bond donors (Lipinski definition) is 2. The van der Waals surface area contributed by atoms with Crippen LogP contribution in [0.25, 0.3) is 0 Å². The molecule has 0 aromatic heterocycles. The molecular weight excluding hydrogens is 268 g/mol. The predicted molar refractivity (Wildman–Crippen MR) is 71.6 cm³/mol. The van der Waals surface area contributed by atoms with Crippen molar-refractivity contribution in [3.8, 4) is 0 Å². The number of aliphatic hydroxyl groups excluding tert-OH is 1. The van der Waals surface area contributed by atoms with E-state index < -0.39 is 12.1 Å². The Morgan fingerprint density at radius 3 is 2.25 bits per heavy atom. The number of hydrogen-bond acceptors (Lipinski definition) is 2. The Hall–Kier alpha value is 0.01000. The third kappa shape index (κ3) is 3.79. The van der Waals surface area contributed by atoms with E-state index in [-0.39, 0.29) is 12.4 Å². The molecule has 0 aliphatic rings. The Bertz CT molecular complexity index is 313. The highest BCUT2D eigenvalue weighted by molar-refractivity contribution is 6.36. The van der Waals surface area contributed by atoms with Crippen molar-refractivity contribution in [1.82, 2.24) is 0 Å². The lowest BCUT2D eigenvalue weighted by molar-refractivity contribution is 0.134. The topological polar surface area (TPSA) is 46.2 Å². The maximum atomic E-state index is 9.78. The first-order valence-electron chi connectivity index (χ1n) is 4.95. The number of aliphatic hydroxyl groups is 1. The van der Waals surface area contributed by atoms with Crippen LogP contribution in [-0.4, -0.2) is 11.2 Å². The van der Waals surface area contributed by atoms with Gasteiger partial charge in [0.1, 0.15) is 0 Å². The van der Waals surface area contributed by atoms with Crippen LogP contribution >= 0.6 is 35.6 Å². The first-order valence-corrected chi connectivity index (χ1v) is 5.71. The second-order valence-electron chi connectivity index (χ2n) is 3.52. The number of rotatable bonds is 4. The zero-order valence-electron chi connectivity index (χ0n) is 8.99. The van der Waals surface area contributed by atoms with E-state index in [0.29, 0.717) is 22.0 Å². The van der Waals surface area contributed by atoms with Gasteiger partial charge in [-0.05, 0) is 18.6 Å². The first kappa shape index (κ1) is 16.0. The van der Waals surface area contributed by atoms with Gasteiger partial charge in [0.05, 0.1) is 12.1 Å². The molecule has 0 aliphatic heterocycles. The van der Waals surface area contributed by atoms with Gasteiger partial charge in [0.15, 0.2) is 0 Å². The third-order valence-electron chi connectivity index (χ3n) is 2.33. The van der Waals surface area contributed by atoms with Gasteiger partial charge in [0.25, 0.3) is 0 Å². The van der Waals surface area contributed by atoms with Crippen LogP contribution < -0.4 is 5.73 Å². The van der Waals surface area contributed by atoms with E-state index in [1.165, 1.54) is 0 Å². The van der Waals surface area contributed by atoms with Crippen molar-refractivity contribution in [2.24, 2.45) is 5.73 Å². The van der Waals surface area contributed by atoms with Crippen molar-refractivity contribution in [2.45, 2.75) is 31.9 Å². The van der Waals surface area contributed by atoms with Crippen LogP contribution in [0.1, 0.15) is 31.4 Å². The van der Waals surface area contributed by atoms with Crippen molar-refractivity contribution in [2.75, 3.05) is 0 Å². The first-order chi connectivity index (χ1) is 7.07. The van der Waals surface area contributed by atoms with Crippen molar-refractivity contribution in [3.05, 3.63) is 33.8 Å². The summed E-state index contributed by atoms with van der Waals surface area (Å²) in [4.78, 5) is 0. The molecule has 0 fully saturated rings. The monoisotopic (exact) mass is 283 g/mol. The Balaban J connectivity index is 0.00000225. The average Bonchev–Trinajstić information content (AvgIpc) is 2.17. The van der Waals surface area contributed by atoms with E-state index in [1.807, 2.05) is 6.92 Å². The highest BCUT2D eigenvalue weighted by Crippen LogP contribution is 2.31. The molecule has 0 amide bonds. The summed E-state index contributed by atoms with van der Waals surface area (Å²) in [5, 5.41) is 10.8. The third-order valence-corrected chi connectivity index (χ3v) is 2.99. The summed E-state index contributed by atoms with van der Waals surface area (Å²) in [6.45, 7) is 1.99. The zero-order valence-corrected chi connectivity index (χ0v) is 11.3. The van der Waals surface area contributed by atoms with Crippen molar-refractivity contribution >= 4 is 35.6 Å². The van der Waals surface area contributed by atoms with Gasteiger partial charge >= 0.3 is 0 Å². The summed E-state index contributed by atoms with van der Waals surface area (Å²) in [5.41, 5.74) is 6.53. The van der Waals surface area contributed by atoms with Crippen LogP contribution in [-0.2, 0) is 0 Å². The van der Waals surface area contributed by atoms with E-state index in [2.05, 4.69) is 0 Å². The lowest BCUT2D eigenvalue weighted by atomic mass is 9.99. The zero-order chi connectivity index (χ0) is 11.4. The molecule has 0 radical (unpaired) electrons. The van der Waals surface area contributed by atoms with E-state index >= 15 is 0 Å². The van der Waals surface area contributed by atoms with Crippen LogP contribution in [0.3, 0.4) is 0 Å². The van der Waals surface area contributed by atoms with Crippen molar-refractivity contribution < 1.29 is 5.11 Å². The summed E-state index contributed by atoms with van der Waals surface area (Å²) in [7, 11) is 0. The maximum absolute atomic E-state index is 9.78. The maximum Gasteiger partial charge on any atom is 0.0733 e. The SMILES string of the molecule is CCC[C@@H](O)[C@@H](N)c1c(Cl)cccc1Cl.Cl. The largest absolute Gasteiger partial charge is 0.391 e. The molecule has 2 atom stereocenters. The summed E-state index contributed by atoms with van der Waals surface area (Å²) >= 11 is 12.0. The molecule has 0 bridgehead atoms. The normalized spacial score (nSPS) is 14.1. The second kappa shape index (κ2) is 7.36. The van der Waals surface area contributed by atoms with Gasteiger partial charge in [-0.25, -0.2) is 0 Å². The number of benzene rings is 1. The van der Waals surface area contributed by atoms with Gasteiger partial charge in [-0.1, -0.05) is 42.6 Å². The summed E-state index contributed by atoms with van der Waals surface area (Å²) in [5.74, 6) is 0. The lowest BCUT2D eigenvalue weighted by Crippen LogP contribution is -2.26. The molecular formula is C11H16Cl3NO. The smallest absolute Gasteiger partial charge is 0.0733 e. The second-order valence-corrected chi connectivity index (χ2v) is 4.33. The highest BCUT2D eigenvalue weighted by atomic mass is 35.5. The van der Waals surface area contributed by atoms with E-state index in [4.69, 9.17) is 28.9 Å². The van der Waals surface area contributed by atoms with Gasteiger partial charge in [-0.2, -0.15) is 0 Å².